The van der Waals surface area contributed by atoms with Crippen molar-refractivity contribution in [3.63, 3.8) is 0 Å². The first-order valence-corrected chi connectivity index (χ1v) is 12.5. The van der Waals surface area contributed by atoms with Gasteiger partial charge in [0.15, 0.2) is 0 Å². The maximum absolute atomic E-state index is 13.1. The molecule has 1 aromatic rings. The Kier molecular flexibility index (Phi) is 6.20. The van der Waals surface area contributed by atoms with Gasteiger partial charge in [-0.2, -0.15) is 0 Å². The molecular weight excluding hydrogens is 432 g/mol. The molecule has 0 bridgehead atoms. The quantitative estimate of drug-likeness (QED) is 0.687. The summed E-state index contributed by atoms with van der Waals surface area (Å²) in [7, 11) is -1.26. The molecule has 0 radical (unpaired) electrons. The highest BCUT2D eigenvalue weighted by Crippen LogP contribution is 2.36. The van der Waals surface area contributed by atoms with Gasteiger partial charge >= 0.3 is 6.03 Å². The summed E-state index contributed by atoms with van der Waals surface area (Å²) in [5, 5.41) is 2.95. The lowest BCUT2D eigenvalue weighted by Crippen LogP contribution is -2.63. The molecule has 3 amide bonds. The normalized spacial score (nSPS) is 30.6. The third-order valence-electron chi connectivity index (χ3n) is 6.98. The summed E-state index contributed by atoms with van der Waals surface area (Å²) in [5.41, 5.74) is -0.256. The van der Waals surface area contributed by atoms with Crippen LogP contribution in [-0.2, 0) is 25.3 Å². The number of carbonyl (C=O) groups is 2. The second-order valence-corrected chi connectivity index (χ2v) is 10.4. The molecule has 9 nitrogen and oxygen atoms in total. The number of carbonyl (C=O) groups excluding carboxylic acids is 2. The Morgan fingerprint density at radius 1 is 1.16 bits per heavy atom. The highest BCUT2D eigenvalue weighted by atomic mass is 32.2. The van der Waals surface area contributed by atoms with Crippen molar-refractivity contribution < 1.29 is 23.3 Å². The predicted octanol–water partition coefficient (Wildman–Crippen LogP) is 0.632. The van der Waals surface area contributed by atoms with E-state index in [0.717, 1.165) is 30.6 Å². The van der Waals surface area contributed by atoms with Crippen molar-refractivity contribution >= 4 is 22.9 Å². The molecule has 10 heteroatoms. The van der Waals surface area contributed by atoms with Crippen molar-refractivity contribution in [2.75, 3.05) is 39.4 Å². The van der Waals surface area contributed by atoms with Crippen LogP contribution in [0.2, 0.25) is 0 Å². The van der Waals surface area contributed by atoms with Crippen LogP contribution < -0.4 is 10.0 Å². The van der Waals surface area contributed by atoms with Crippen LogP contribution in [0.1, 0.15) is 25.7 Å². The number of piperidine rings is 2. The third-order valence-corrected chi connectivity index (χ3v) is 8.23. The van der Waals surface area contributed by atoms with Gasteiger partial charge in [-0.15, -0.1) is 0 Å². The molecule has 174 valence electrons. The van der Waals surface area contributed by atoms with Crippen molar-refractivity contribution in [1.29, 1.82) is 0 Å². The molecular formula is C22H30N4O5S. The number of hydrogen-bond acceptors (Lipinski definition) is 5. The van der Waals surface area contributed by atoms with Gasteiger partial charge in [-0.3, -0.25) is 4.79 Å². The molecule has 32 heavy (non-hydrogen) atoms. The third kappa shape index (κ3) is 4.54. The first kappa shape index (κ1) is 21.8. The number of ether oxygens (including phenoxy) is 2. The van der Waals surface area contributed by atoms with Crippen molar-refractivity contribution in [2.24, 2.45) is 0 Å². The van der Waals surface area contributed by atoms with Crippen LogP contribution in [-0.4, -0.2) is 89.1 Å². The standard InChI is InChI=1S/C22H30N4O5S/c27-20-15-30-19-6-9-26(13-18(19)23-20)21(28)25-10-7-22(8-11-25)12-16(14-31-22)24-32(29)17-4-2-1-3-5-17/h1-5,16,18-19,24H,6-15H2,(H,23,27)/t16?,18-,19+,32?/m1/s1. The van der Waals surface area contributed by atoms with Crippen LogP contribution in [0.5, 0.6) is 0 Å². The van der Waals surface area contributed by atoms with E-state index in [4.69, 9.17) is 9.47 Å². The van der Waals surface area contributed by atoms with Gasteiger partial charge in [0.2, 0.25) is 5.91 Å². The molecule has 4 heterocycles. The van der Waals surface area contributed by atoms with Gasteiger partial charge in [0, 0.05) is 32.2 Å². The Bertz CT molecular complexity index is 876. The second-order valence-electron chi connectivity index (χ2n) is 9.12. The zero-order valence-corrected chi connectivity index (χ0v) is 18.9. The minimum atomic E-state index is -1.26. The molecule has 5 rings (SSSR count). The Morgan fingerprint density at radius 3 is 2.72 bits per heavy atom. The van der Waals surface area contributed by atoms with Gasteiger partial charge in [-0.05, 0) is 37.8 Å². The van der Waals surface area contributed by atoms with Crippen LogP contribution in [0.4, 0.5) is 4.79 Å². The van der Waals surface area contributed by atoms with Crippen LogP contribution in [0.15, 0.2) is 35.2 Å². The molecule has 4 atom stereocenters. The Morgan fingerprint density at radius 2 is 1.94 bits per heavy atom. The average Bonchev–Trinajstić information content (AvgIpc) is 3.20. The fourth-order valence-corrected chi connectivity index (χ4v) is 6.21. The molecule has 1 aromatic carbocycles. The van der Waals surface area contributed by atoms with E-state index in [0.29, 0.717) is 32.8 Å². The molecule has 4 saturated heterocycles. The zero-order valence-electron chi connectivity index (χ0n) is 18.0. The number of amides is 3. The summed E-state index contributed by atoms with van der Waals surface area (Å²) in [6, 6.07) is 9.31. The first-order valence-electron chi connectivity index (χ1n) is 11.3. The monoisotopic (exact) mass is 462 g/mol. The summed E-state index contributed by atoms with van der Waals surface area (Å²) in [6.07, 6.45) is 3.08. The van der Waals surface area contributed by atoms with E-state index < -0.39 is 11.0 Å². The largest absolute Gasteiger partial charge is 0.373 e. The molecule has 4 fully saturated rings. The lowest BCUT2D eigenvalue weighted by molar-refractivity contribution is -0.139. The SMILES string of the molecule is O=C1CO[C@H]2CCN(C(=O)N3CCC4(CC3)CC(NS(=O)c3ccccc3)CO4)C[C@H]2N1. The van der Waals surface area contributed by atoms with Crippen LogP contribution >= 0.6 is 0 Å². The smallest absolute Gasteiger partial charge is 0.320 e. The highest BCUT2D eigenvalue weighted by Gasteiger charge is 2.45. The van der Waals surface area contributed by atoms with Crippen molar-refractivity contribution in [2.45, 2.75) is 54.4 Å². The maximum Gasteiger partial charge on any atom is 0.320 e. The van der Waals surface area contributed by atoms with E-state index in [1.54, 1.807) is 0 Å². The van der Waals surface area contributed by atoms with Crippen LogP contribution in [0.3, 0.4) is 0 Å². The number of urea groups is 1. The average molecular weight is 463 g/mol. The van der Waals surface area contributed by atoms with E-state index in [2.05, 4.69) is 10.0 Å². The fourth-order valence-electron chi connectivity index (χ4n) is 5.21. The summed E-state index contributed by atoms with van der Waals surface area (Å²) in [6.45, 7) is 3.05. The molecule has 4 aliphatic heterocycles. The second kappa shape index (κ2) is 9.09. The number of benzene rings is 1. The van der Waals surface area contributed by atoms with Gasteiger partial charge in [0.1, 0.15) is 17.6 Å². The Balaban J connectivity index is 1.11. The molecule has 0 aliphatic carbocycles. The molecule has 2 unspecified atom stereocenters. The van der Waals surface area contributed by atoms with Crippen LogP contribution in [0, 0.1) is 0 Å². The van der Waals surface area contributed by atoms with Gasteiger partial charge in [-0.25, -0.2) is 13.7 Å². The van der Waals surface area contributed by atoms with E-state index in [-0.39, 0.29) is 42.3 Å². The van der Waals surface area contributed by atoms with Gasteiger partial charge in [0.25, 0.3) is 0 Å². The number of nitrogens with zero attached hydrogens (tertiary/aromatic N) is 2. The molecule has 0 aromatic heterocycles. The van der Waals surface area contributed by atoms with E-state index in [9.17, 15) is 13.8 Å². The fraction of sp³-hybridized carbons (Fsp3) is 0.636. The predicted molar refractivity (Wildman–Crippen MR) is 117 cm³/mol. The number of nitrogens with one attached hydrogen (secondary N) is 2. The Labute approximate surface area is 190 Å². The minimum absolute atomic E-state index is 0.000802. The number of fused-ring (bicyclic) bond motifs is 1. The molecule has 4 aliphatic rings. The minimum Gasteiger partial charge on any atom is -0.373 e. The van der Waals surface area contributed by atoms with E-state index in [1.807, 2.05) is 40.1 Å². The van der Waals surface area contributed by atoms with Crippen LogP contribution in [0.25, 0.3) is 0 Å². The lowest BCUT2D eigenvalue weighted by Gasteiger charge is -2.44. The summed E-state index contributed by atoms with van der Waals surface area (Å²) < 4.78 is 27.5. The summed E-state index contributed by atoms with van der Waals surface area (Å²) >= 11 is 0. The van der Waals surface area contributed by atoms with E-state index >= 15 is 0 Å². The van der Waals surface area contributed by atoms with Gasteiger partial charge in [-0.1, -0.05) is 18.2 Å². The number of hydrogen-bond donors (Lipinski definition) is 2. The van der Waals surface area contributed by atoms with Crippen molar-refractivity contribution in [1.82, 2.24) is 19.8 Å². The zero-order chi connectivity index (χ0) is 22.1. The maximum atomic E-state index is 13.1. The van der Waals surface area contributed by atoms with Gasteiger partial charge in [0.05, 0.1) is 29.2 Å². The van der Waals surface area contributed by atoms with E-state index in [1.165, 1.54) is 0 Å². The highest BCUT2D eigenvalue weighted by molar-refractivity contribution is 7.83. The molecule has 2 N–H and O–H groups in total. The number of rotatable bonds is 3. The number of likely N-dealkylation sites (tertiary alicyclic amines) is 2. The molecule has 1 spiro atoms. The first-order chi connectivity index (χ1) is 15.5. The van der Waals surface area contributed by atoms with Gasteiger partial charge < -0.3 is 24.6 Å². The summed E-state index contributed by atoms with van der Waals surface area (Å²) in [4.78, 5) is 29.2. The lowest BCUT2D eigenvalue weighted by atomic mass is 9.87. The topological polar surface area (TPSA) is 100 Å². The van der Waals surface area contributed by atoms with Crippen molar-refractivity contribution in [3.05, 3.63) is 30.3 Å². The Hall–Kier alpha value is -2.01. The number of morpholine rings is 1. The molecule has 0 saturated carbocycles. The van der Waals surface area contributed by atoms with Crippen molar-refractivity contribution in [3.8, 4) is 0 Å². The summed E-state index contributed by atoms with van der Waals surface area (Å²) in [5.74, 6) is -0.116.